The standard InChI is InChI=1S/C13H13N5O3/c1-7-5-8(2)16-13(15-7)17-12(19)9-3-4-11(18(20)21)10(14)6-9/h3-6H,14H2,1-2H3,(H,15,16,17,19). The van der Waals surface area contributed by atoms with Crippen LogP contribution in [0, 0.1) is 24.0 Å². The lowest BCUT2D eigenvalue weighted by Crippen LogP contribution is -2.15. The number of hydrogen-bond acceptors (Lipinski definition) is 6. The molecule has 0 aliphatic rings. The first-order valence-corrected chi connectivity index (χ1v) is 6.04. The van der Waals surface area contributed by atoms with E-state index in [9.17, 15) is 14.9 Å². The highest BCUT2D eigenvalue weighted by atomic mass is 16.6. The summed E-state index contributed by atoms with van der Waals surface area (Å²) in [6.07, 6.45) is 0. The number of aromatic nitrogens is 2. The van der Waals surface area contributed by atoms with Gasteiger partial charge >= 0.3 is 0 Å². The van der Waals surface area contributed by atoms with E-state index < -0.39 is 10.8 Å². The summed E-state index contributed by atoms with van der Waals surface area (Å²) in [4.78, 5) is 30.3. The molecule has 3 N–H and O–H groups in total. The van der Waals surface area contributed by atoms with Crippen molar-refractivity contribution in [3.8, 4) is 0 Å². The molecule has 0 saturated heterocycles. The van der Waals surface area contributed by atoms with Gasteiger partial charge in [0.25, 0.3) is 11.6 Å². The van der Waals surface area contributed by atoms with Gasteiger partial charge < -0.3 is 5.73 Å². The molecule has 8 nitrogen and oxygen atoms in total. The number of anilines is 2. The predicted octanol–water partition coefficient (Wildman–Crippen LogP) is 1.84. The number of nitrogens with zero attached hydrogens (tertiary/aromatic N) is 3. The molecule has 8 heteroatoms. The Labute approximate surface area is 120 Å². The van der Waals surface area contributed by atoms with Gasteiger partial charge in [0.1, 0.15) is 5.69 Å². The first-order chi connectivity index (χ1) is 9.86. The summed E-state index contributed by atoms with van der Waals surface area (Å²) in [6.45, 7) is 3.57. The van der Waals surface area contributed by atoms with Gasteiger partial charge in [0.05, 0.1) is 4.92 Å². The van der Waals surface area contributed by atoms with E-state index in [1.807, 2.05) is 0 Å². The molecule has 1 amide bonds. The van der Waals surface area contributed by atoms with Crippen LogP contribution in [0.4, 0.5) is 17.3 Å². The number of carbonyl (C=O) groups excluding carboxylic acids is 1. The Morgan fingerprint density at radius 1 is 1.24 bits per heavy atom. The van der Waals surface area contributed by atoms with Crippen LogP contribution < -0.4 is 11.1 Å². The maximum Gasteiger partial charge on any atom is 0.292 e. The number of hydrogen-bond donors (Lipinski definition) is 2. The van der Waals surface area contributed by atoms with E-state index in [4.69, 9.17) is 5.73 Å². The monoisotopic (exact) mass is 287 g/mol. The number of nitrogens with two attached hydrogens (primary N) is 1. The Morgan fingerprint density at radius 3 is 2.38 bits per heavy atom. The van der Waals surface area contributed by atoms with Crippen LogP contribution in [0.5, 0.6) is 0 Å². The van der Waals surface area contributed by atoms with E-state index in [1.54, 1.807) is 19.9 Å². The molecule has 1 aromatic heterocycles. The average Bonchev–Trinajstić information content (AvgIpc) is 2.36. The van der Waals surface area contributed by atoms with Gasteiger partial charge in [-0.3, -0.25) is 20.2 Å². The third-order valence-electron chi connectivity index (χ3n) is 2.69. The Bertz CT molecular complexity index is 709. The van der Waals surface area contributed by atoms with Crippen molar-refractivity contribution < 1.29 is 9.72 Å². The second kappa shape index (κ2) is 5.53. The largest absolute Gasteiger partial charge is 0.393 e. The van der Waals surface area contributed by atoms with Crippen molar-refractivity contribution >= 4 is 23.2 Å². The van der Waals surface area contributed by atoms with Gasteiger partial charge in [-0.15, -0.1) is 0 Å². The van der Waals surface area contributed by atoms with E-state index in [0.717, 1.165) is 11.4 Å². The van der Waals surface area contributed by atoms with E-state index in [2.05, 4.69) is 15.3 Å². The first kappa shape index (κ1) is 14.4. The molecule has 2 rings (SSSR count). The van der Waals surface area contributed by atoms with Crippen molar-refractivity contribution in [2.24, 2.45) is 0 Å². The van der Waals surface area contributed by atoms with Crippen molar-refractivity contribution in [2.75, 3.05) is 11.1 Å². The highest BCUT2D eigenvalue weighted by Crippen LogP contribution is 2.22. The third kappa shape index (κ3) is 3.30. The van der Waals surface area contributed by atoms with Crippen LogP contribution in [-0.2, 0) is 0 Å². The summed E-state index contributed by atoms with van der Waals surface area (Å²) in [7, 11) is 0. The smallest absolute Gasteiger partial charge is 0.292 e. The lowest BCUT2D eigenvalue weighted by Gasteiger charge is -2.06. The number of nitro groups is 1. The summed E-state index contributed by atoms with van der Waals surface area (Å²) in [6, 6.07) is 5.54. The number of carbonyl (C=O) groups is 1. The molecular formula is C13H13N5O3. The molecule has 0 aliphatic heterocycles. The van der Waals surface area contributed by atoms with Crippen LogP contribution in [0.25, 0.3) is 0 Å². The molecule has 0 bridgehead atoms. The summed E-state index contributed by atoms with van der Waals surface area (Å²) in [5.41, 5.74) is 6.87. The minimum absolute atomic E-state index is 0.0750. The maximum atomic E-state index is 12.1. The van der Waals surface area contributed by atoms with E-state index in [0.29, 0.717) is 0 Å². The van der Waals surface area contributed by atoms with Crippen molar-refractivity contribution in [2.45, 2.75) is 13.8 Å². The lowest BCUT2D eigenvalue weighted by molar-refractivity contribution is -0.383. The Hall–Kier alpha value is -3.03. The van der Waals surface area contributed by atoms with Crippen LogP contribution in [-0.4, -0.2) is 20.8 Å². The Balaban J connectivity index is 2.24. The number of nitrogens with one attached hydrogen (secondary N) is 1. The van der Waals surface area contributed by atoms with Crippen LogP contribution in [0.2, 0.25) is 0 Å². The number of amides is 1. The van der Waals surface area contributed by atoms with Crippen molar-refractivity contribution in [1.29, 1.82) is 0 Å². The van der Waals surface area contributed by atoms with E-state index in [-0.39, 0.29) is 22.9 Å². The van der Waals surface area contributed by atoms with Crippen molar-refractivity contribution in [3.63, 3.8) is 0 Å². The topological polar surface area (TPSA) is 124 Å². The van der Waals surface area contributed by atoms with Crippen LogP contribution in [0.3, 0.4) is 0 Å². The minimum Gasteiger partial charge on any atom is -0.393 e. The zero-order valence-corrected chi connectivity index (χ0v) is 11.5. The number of nitrogen functional groups attached to an aromatic ring is 1. The zero-order chi connectivity index (χ0) is 15.6. The fourth-order valence-electron chi connectivity index (χ4n) is 1.82. The highest BCUT2D eigenvalue weighted by molar-refractivity contribution is 6.04. The summed E-state index contributed by atoms with van der Waals surface area (Å²) in [5, 5.41) is 13.2. The fourth-order valence-corrected chi connectivity index (χ4v) is 1.82. The quantitative estimate of drug-likeness (QED) is 0.504. The van der Waals surface area contributed by atoms with Crippen molar-refractivity contribution in [1.82, 2.24) is 9.97 Å². The molecule has 0 unspecified atom stereocenters. The number of nitro benzene ring substituents is 1. The maximum absolute atomic E-state index is 12.1. The van der Waals surface area contributed by atoms with Gasteiger partial charge in [0, 0.05) is 23.0 Å². The van der Waals surface area contributed by atoms with E-state index in [1.165, 1.54) is 18.2 Å². The molecule has 0 radical (unpaired) electrons. The minimum atomic E-state index is -0.607. The van der Waals surface area contributed by atoms with Gasteiger partial charge in [0.15, 0.2) is 0 Å². The third-order valence-corrected chi connectivity index (χ3v) is 2.69. The van der Waals surface area contributed by atoms with Crippen LogP contribution in [0.15, 0.2) is 24.3 Å². The molecule has 1 heterocycles. The first-order valence-electron chi connectivity index (χ1n) is 6.04. The molecule has 0 spiro atoms. The second-order valence-electron chi connectivity index (χ2n) is 4.46. The summed E-state index contributed by atoms with van der Waals surface area (Å²) in [5.74, 6) is -0.309. The van der Waals surface area contributed by atoms with Gasteiger partial charge in [-0.05, 0) is 32.0 Å². The SMILES string of the molecule is Cc1cc(C)nc(NC(=O)c2ccc([N+](=O)[O-])c(N)c2)n1. The lowest BCUT2D eigenvalue weighted by atomic mass is 10.1. The molecule has 0 saturated carbocycles. The molecule has 1 aromatic carbocycles. The number of rotatable bonds is 3. The Morgan fingerprint density at radius 2 is 1.86 bits per heavy atom. The highest BCUT2D eigenvalue weighted by Gasteiger charge is 2.15. The zero-order valence-electron chi connectivity index (χ0n) is 11.5. The number of benzene rings is 1. The molecular weight excluding hydrogens is 274 g/mol. The Kier molecular flexibility index (Phi) is 3.79. The van der Waals surface area contributed by atoms with Gasteiger partial charge in [-0.2, -0.15) is 0 Å². The second-order valence-corrected chi connectivity index (χ2v) is 4.46. The van der Waals surface area contributed by atoms with Crippen LogP contribution in [0.1, 0.15) is 21.7 Å². The van der Waals surface area contributed by atoms with Gasteiger partial charge in [-0.1, -0.05) is 0 Å². The number of aryl methyl sites for hydroxylation is 2. The molecule has 108 valence electrons. The molecule has 21 heavy (non-hydrogen) atoms. The average molecular weight is 287 g/mol. The molecule has 0 fully saturated rings. The molecule has 0 atom stereocenters. The van der Waals surface area contributed by atoms with Crippen molar-refractivity contribution in [3.05, 3.63) is 51.3 Å². The normalized spacial score (nSPS) is 10.2. The summed E-state index contributed by atoms with van der Waals surface area (Å²) < 4.78 is 0. The fraction of sp³-hybridized carbons (Fsp3) is 0.154. The summed E-state index contributed by atoms with van der Waals surface area (Å²) >= 11 is 0. The molecule has 0 aliphatic carbocycles. The molecule has 2 aromatic rings. The van der Waals surface area contributed by atoms with Crippen LogP contribution >= 0.6 is 0 Å². The van der Waals surface area contributed by atoms with E-state index >= 15 is 0 Å². The van der Waals surface area contributed by atoms with Gasteiger partial charge in [0.2, 0.25) is 5.95 Å². The van der Waals surface area contributed by atoms with Gasteiger partial charge in [-0.25, -0.2) is 9.97 Å². The predicted molar refractivity (Wildman–Crippen MR) is 77.0 cm³/mol.